The molecule has 3 aromatic rings. The van der Waals surface area contributed by atoms with Crippen LogP contribution in [-0.2, 0) is 6.54 Å². The van der Waals surface area contributed by atoms with Crippen molar-refractivity contribution in [2.75, 3.05) is 10.6 Å². The molecule has 116 valence electrons. The van der Waals surface area contributed by atoms with Crippen LogP contribution in [-0.4, -0.2) is 9.97 Å². The van der Waals surface area contributed by atoms with Crippen LogP contribution in [0, 0.1) is 13.8 Å². The average Bonchev–Trinajstić information content (AvgIpc) is 2.53. The first kappa shape index (κ1) is 15.0. The zero-order chi connectivity index (χ0) is 16.1. The first-order chi connectivity index (χ1) is 11.2. The van der Waals surface area contributed by atoms with E-state index >= 15 is 0 Å². The minimum absolute atomic E-state index is 0.603. The first-order valence-electron chi connectivity index (χ1n) is 7.66. The highest BCUT2D eigenvalue weighted by atomic mass is 15.1. The van der Waals surface area contributed by atoms with E-state index in [2.05, 4.69) is 51.8 Å². The summed E-state index contributed by atoms with van der Waals surface area (Å²) in [7, 11) is 0. The van der Waals surface area contributed by atoms with Gasteiger partial charge in [0.05, 0.1) is 0 Å². The molecule has 0 amide bonds. The Morgan fingerprint density at radius 1 is 0.870 bits per heavy atom. The van der Waals surface area contributed by atoms with Gasteiger partial charge in [-0.05, 0) is 37.1 Å². The van der Waals surface area contributed by atoms with E-state index in [0.717, 1.165) is 23.7 Å². The Morgan fingerprint density at radius 3 is 2.48 bits per heavy atom. The number of aryl methyl sites for hydroxylation is 2. The monoisotopic (exact) mass is 304 g/mol. The molecule has 0 aliphatic carbocycles. The number of hydrogen-bond acceptors (Lipinski definition) is 4. The minimum atomic E-state index is 0.603. The van der Waals surface area contributed by atoms with Crippen molar-refractivity contribution in [3.63, 3.8) is 0 Å². The van der Waals surface area contributed by atoms with Gasteiger partial charge in [-0.3, -0.25) is 0 Å². The van der Waals surface area contributed by atoms with E-state index in [4.69, 9.17) is 0 Å². The molecule has 2 N–H and O–H groups in total. The van der Waals surface area contributed by atoms with Crippen molar-refractivity contribution in [1.82, 2.24) is 9.97 Å². The fourth-order valence-corrected chi connectivity index (χ4v) is 2.36. The Balaban J connectivity index is 1.73. The van der Waals surface area contributed by atoms with Crippen LogP contribution in [0.1, 0.15) is 16.8 Å². The molecule has 3 rings (SSSR count). The van der Waals surface area contributed by atoms with Gasteiger partial charge < -0.3 is 10.6 Å². The van der Waals surface area contributed by atoms with Crippen molar-refractivity contribution < 1.29 is 0 Å². The molecular formula is C19H20N4. The van der Waals surface area contributed by atoms with Gasteiger partial charge in [0.2, 0.25) is 5.95 Å². The summed E-state index contributed by atoms with van der Waals surface area (Å²) in [5, 5.41) is 6.61. The molecule has 0 aliphatic rings. The van der Waals surface area contributed by atoms with Crippen LogP contribution in [0.15, 0.2) is 60.7 Å². The lowest BCUT2D eigenvalue weighted by atomic mass is 10.2. The summed E-state index contributed by atoms with van der Waals surface area (Å²) < 4.78 is 0. The van der Waals surface area contributed by atoms with Crippen molar-refractivity contribution in [3.8, 4) is 0 Å². The minimum Gasteiger partial charge on any atom is -0.366 e. The largest absolute Gasteiger partial charge is 0.366 e. The Hall–Kier alpha value is -2.88. The molecule has 23 heavy (non-hydrogen) atoms. The predicted octanol–water partition coefficient (Wildman–Crippen LogP) is 4.45. The molecule has 0 radical (unpaired) electrons. The third-order valence-corrected chi connectivity index (χ3v) is 3.44. The van der Waals surface area contributed by atoms with Gasteiger partial charge >= 0.3 is 0 Å². The summed E-state index contributed by atoms with van der Waals surface area (Å²) in [4.78, 5) is 8.99. The summed E-state index contributed by atoms with van der Waals surface area (Å²) in [6.07, 6.45) is 0. The third kappa shape index (κ3) is 4.30. The van der Waals surface area contributed by atoms with E-state index in [1.54, 1.807) is 0 Å². The summed E-state index contributed by atoms with van der Waals surface area (Å²) in [5.41, 5.74) is 4.33. The Bertz CT molecular complexity index is 784. The standard InChI is InChI=1S/C19H20N4/c1-14-7-6-10-17(11-14)22-19-21-15(2)12-18(23-19)20-13-16-8-4-3-5-9-16/h3-12H,13H2,1-2H3,(H2,20,21,22,23). The lowest BCUT2D eigenvalue weighted by Gasteiger charge is -2.10. The first-order valence-corrected chi connectivity index (χ1v) is 7.66. The SMILES string of the molecule is Cc1cccc(Nc2nc(C)cc(NCc3ccccc3)n2)c1. The number of hydrogen-bond donors (Lipinski definition) is 2. The molecule has 1 heterocycles. The van der Waals surface area contributed by atoms with E-state index in [1.807, 2.05) is 43.3 Å². The van der Waals surface area contributed by atoms with Gasteiger partial charge in [0.25, 0.3) is 0 Å². The van der Waals surface area contributed by atoms with Crippen molar-refractivity contribution >= 4 is 17.5 Å². The lowest BCUT2D eigenvalue weighted by Crippen LogP contribution is -2.05. The molecule has 0 atom stereocenters. The van der Waals surface area contributed by atoms with Crippen LogP contribution >= 0.6 is 0 Å². The van der Waals surface area contributed by atoms with Crippen molar-refractivity contribution in [3.05, 3.63) is 77.5 Å². The maximum Gasteiger partial charge on any atom is 0.229 e. The van der Waals surface area contributed by atoms with Gasteiger partial charge in [0.1, 0.15) is 5.82 Å². The van der Waals surface area contributed by atoms with Crippen LogP contribution < -0.4 is 10.6 Å². The fourth-order valence-electron chi connectivity index (χ4n) is 2.36. The van der Waals surface area contributed by atoms with Gasteiger partial charge in [-0.25, -0.2) is 4.98 Å². The molecule has 4 heteroatoms. The Kier molecular flexibility index (Phi) is 4.52. The molecule has 0 spiro atoms. The number of benzene rings is 2. The molecule has 4 nitrogen and oxygen atoms in total. The molecule has 0 unspecified atom stereocenters. The maximum absolute atomic E-state index is 4.54. The van der Waals surface area contributed by atoms with E-state index in [9.17, 15) is 0 Å². The van der Waals surface area contributed by atoms with Crippen LogP contribution in [0.25, 0.3) is 0 Å². The van der Waals surface area contributed by atoms with Crippen LogP contribution in [0.4, 0.5) is 17.5 Å². The van der Waals surface area contributed by atoms with Gasteiger partial charge in [0, 0.05) is 24.0 Å². The highest BCUT2D eigenvalue weighted by molar-refractivity contribution is 5.56. The van der Waals surface area contributed by atoms with Crippen molar-refractivity contribution in [2.24, 2.45) is 0 Å². The second kappa shape index (κ2) is 6.92. The summed E-state index contributed by atoms with van der Waals surface area (Å²) in [6, 6.07) is 20.4. The second-order valence-corrected chi connectivity index (χ2v) is 5.55. The number of nitrogens with one attached hydrogen (secondary N) is 2. The number of rotatable bonds is 5. The zero-order valence-electron chi connectivity index (χ0n) is 13.4. The molecule has 0 saturated carbocycles. The van der Waals surface area contributed by atoms with Gasteiger partial charge in [-0.15, -0.1) is 0 Å². The zero-order valence-corrected chi connectivity index (χ0v) is 13.4. The highest BCUT2D eigenvalue weighted by Gasteiger charge is 2.03. The van der Waals surface area contributed by atoms with Gasteiger partial charge in [0.15, 0.2) is 0 Å². The fraction of sp³-hybridized carbons (Fsp3) is 0.158. The van der Waals surface area contributed by atoms with Crippen LogP contribution in [0.5, 0.6) is 0 Å². The quantitative estimate of drug-likeness (QED) is 0.731. The van der Waals surface area contributed by atoms with E-state index in [-0.39, 0.29) is 0 Å². The maximum atomic E-state index is 4.54. The summed E-state index contributed by atoms with van der Waals surface area (Å²) >= 11 is 0. The van der Waals surface area contributed by atoms with Crippen LogP contribution in [0.3, 0.4) is 0 Å². The van der Waals surface area contributed by atoms with Crippen molar-refractivity contribution in [2.45, 2.75) is 20.4 Å². The molecule has 1 aromatic heterocycles. The van der Waals surface area contributed by atoms with E-state index < -0.39 is 0 Å². The number of nitrogens with zero attached hydrogens (tertiary/aromatic N) is 2. The average molecular weight is 304 g/mol. The normalized spacial score (nSPS) is 10.3. The highest BCUT2D eigenvalue weighted by Crippen LogP contribution is 2.17. The summed E-state index contributed by atoms with van der Waals surface area (Å²) in [5.74, 6) is 1.42. The number of anilines is 3. The number of aromatic nitrogens is 2. The smallest absolute Gasteiger partial charge is 0.229 e. The molecule has 2 aromatic carbocycles. The van der Waals surface area contributed by atoms with Gasteiger partial charge in [-0.2, -0.15) is 4.98 Å². The van der Waals surface area contributed by atoms with Crippen LogP contribution in [0.2, 0.25) is 0 Å². The second-order valence-electron chi connectivity index (χ2n) is 5.55. The topological polar surface area (TPSA) is 49.8 Å². The molecular weight excluding hydrogens is 284 g/mol. The van der Waals surface area contributed by atoms with Crippen molar-refractivity contribution in [1.29, 1.82) is 0 Å². The predicted molar refractivity (Wildman–Crippen MR) is 95.0 cm³/mol. The molecule has 0 aliphatic heterocycles. The summed E-state index contributed by atoms with van der Waals surface area (Å²) in [6.45, 7) is 4.77. The van der Waals surface area contributed by atoms with E-state index in [1.165, 1.54) is 11.1 Å². The molecule has 0 fully saturated rings. The molecule has 0 bridgehead atoms. The Labute approximate surface area is 136 Å². The third-order valence-electron chi connectivity index (χ3n) is 3.44. The van der Waals surface area contributed by atoms with E-state index in [0.29, 0.717) is 5.95 Å². The molecule has 0 saturated heterocycles. The Morgan fingerprint density at radius 2 is 1.70 bits per heavy atom. The lowest BCUT2D eigenvalue weighted by molar-refractivity contribution is 1.06. The van der Waals surface area contributed by atoms with Gasteiger partial charge in [-0.1, -0.05) is 42.5 Å².